The Balaban J connectivity index is 3.36. The van der Waals surface area contributed by atoms with Crippen molar-refractivity contribution in [1.29, 1.82) is 0 Å². The summed E-state index contributed by atoms with van der Waals surface area (Å²) in [5.41, 5.74) is 3.69. The summed E-state index contributed by atoms with van der Waals surface area (Å²) in [6.07, 6.45) is 0.969. The zero-order valence-corrected chi connectivity index (χ0v) is 12.9. The molecule has 3 heteroatoms. The maximum Gasteiger partial charge on any atom is 0.330 e. The highest BCUT2D eigenvalue weighted by atomic mass is 16.5. The number of aryl methyl sites for hydroxylation is 3. The fourth-order valence-corrected chi connectivity index (χ4v) is 2.81. The molecule has 0 amide bonds. The second-order valence-electron chi connectivity index (χ2n) is 5.32. The van der Waals surface area contributed by atoms with E-state index in [9.17, 15) is 4.79 Å². The number of hydrogen-bond acceptors (Lipinski definition) is 3. The van der Waals surface area contributed by atoms with E-state index >= 15 is 0 Å². The number of benzene rings is 1. The summed E-state index contributed by atoms with van der Waals surface area (Å²) < 4.78 is 5.01. The summed E-state index contributed by atoms with van der Waals surface area (Å²) in [5.74, 6) is -0.240. The lowest BCUT2D eigenvalue weighted by Gasteiger charge is -2.31. The van der Waals surface area contributed by atoms with Gasteiger partial charge in [-0.05, 0) is 57.4 Å². The summed E-state index contributed by atoms with van der Waals surface area (Å²) in [5, 5.41) is 3.34. The highest BCUT2D eigenvalue weighted by molar-refractivity contribution is 5.83. The monoisotopic (exact) mass is 263 g/mol. The Bertz CT molecular complexity index is 445. The highest BCUT2D eigenvalue weighted by Gasteiger charge is 2.38. The van der Waals surface area contributed by atoms with Gasteiger partial charge in [0.05, 0.1) is 7.11 Å². The third-order valence-corrected chi connectivity index (χ3v) is 3.50. The van der Waals surface area contributed by atoms with Gasteiger partial charge in [0.2, 0.25) is 0 Å². The standard InChI is InChI=1S/C16H25NO2/c1-7-8-17-16(5,15(18)19-6)14-12(3)9-11(2)10-13(14)4/h9-10,17H,7-8H2,1-6H3. The van der Waals surface area contributed by atoms with E-state index in [1.165, 1.54) is 12.7 Å². The van der Waals surface area contributed by atoms with Gasteiger partial charge in [0.25, 0.3) is 0 Å². The van der Waals surface area contributed by atoms with E-state index in [1.807, 2.05) is 20.8 Å². The average molecular weight is 263 g/mol. The van der Waals surface area contributed by atoms with E-state index in [1.54, 1.807) is 0 Å². The van der Waals surface area contributed by atoms with Crippen LogP contribution in [0.5, 0.6) is 0 Å². The summed E-state index contributed by atoms with van der Waals surface area (Å²) in [6.45, 7) is 10.9. The topological polar surface area (TPSA) is 38.3 Å². The van der Waals surface area contributed by atoms with Crippen LogP contribution in [0.15, 0.2) is 12.1 Å². The third kappa shape index (κ3) is 3.16. The molecule has 1 unspecified atom stereocenters. The van der Waals surface area contributed by atoms with Crippen LogP contribution in [0.4, 0.5) is 0 Å². The molecule has 0 aliphatic rings. The van der Waals surface area contributed by atoms with Crippen molar-refractivity contribution in [1.82, 2.24) is 5.32 Å². The Morgan fingerprint density at radius 1 is 1.26 bits per heavy atom. The number of carbonyl (C=O) groups excluding carboxylic acids is 1. The van der Waals surface area contributed by atoms with Crippen LogP contribution in [0, 0.1) is 20.8 Å². The minimum absolute atomic E-state index is 0.240. The van der Waals surface area contributed by atoms with Gasteiger partial charge in [0.1, 0.15) is 5.54 Å². The zero-order chi connectivity index (χ0) is 14.6. The van der Waals surface area contributed by atoms with Crippen LogP contribution in [-0.2, 0) is 15.1 Å². The fourth-order valence-electron chi connectivity index (χ4n) is 2.81. The predicted octanol–water partition coefficient (Wildman–Crippen LogP) is 3.00. The van der Waals surface area contributed by atoms with Crippen LogP contribution in [0.25, 0.3) is 0 Å². The Labute approximate surface area is 116 Å². The number of esters is 1. The molecule has 0 radical (unpaired) electrons. The largest absolute Gasteiger partial charge is 0.467 e. The lowest BCUT2D eigenvalue weighted by Crippen LogP contribution is -2.48. The molecular weight excluding hydrogens is 238 g/mol. The number of ether oxygens (including phenoxy) is 1. The van der Waals surface area contributed by atoms with E-state index in [0.29, 0.717) is 0 Å². The molecule has 0 aliphatic carbocycles. The predicted molar refractivity (Wildman–Crippen MR) is 78.3 cm³/mol. The van der Waals surface area contributed by atoms with E-state index in [-0.39, 0.29) is 5.97 Å². The van der Waals surface area contributed by atoms with E-state index < -0.39 is 5.54 Å². The lowest BCUT2D eigenvalue weighted by molar-refractivity contribution is -0.148. The summed E-state index contributed by atoms with van der Waals surface area (Å²) >= 11 is 0. The van der Waals surface area contributed by atoms with Crippen molar-refractivity contribution in [2.24, 2.45) is 0 Å². The number of nitrogens with one attached hydrogen (secondary N) is 1. The van der Waals surface area contributed by atoms with Crippen molar-refractivity contribution in [3.05, 3.63) is 34.4 Å². The Hall–Kier alpha value is -1.35. The maximum atomic E-state index is 12.2. The molecule has 0 spiro atoms. The smallest absolute Gasteiger partial charge is 0.330 e. The van der Waals surface area contributed by atoms with Crippen LogP contribution in [-0.4, -0.2) is 19.6 Å². The van der Waals surface area contributed by atoms with Gasteiger partial charge in [-0.25, -0.2) is 4.79 Å². The second-order valence-corrected chi connectivity index (χ2v) is 5.32. The fraction of sp³-hybridized carbons (Fsp3) is 0.562. The molecule has 1 N–H and O–H groups in total. The van der Waals surface area contributed by atoms with Gasteiger partial charge in [0.15, 0.2) is 0 Å². The molecule has 0 saturated heterocycles. The lowest BCUT2D eigenvalue weighted by atomic mass is 9.84. The minimum Gasteiger partial charge on any atom is -0.467 e. The van der Waals surface area contributed by atoms with Gasteiger partial charge >= 0.3 is 5.97 Å². The van der Waals surface area contributed by atoms with E-state index in [4.69, 9.17) is 4.74 Å². The normalized spacial score (nSPS) is 14.0. The van der Waals surface area contributed by atoms with Gasteiger partial charge in [-0.2, -0.15) is 0 Å². The van der Waals surface area contributed by atoms with Crippen LogP contribution in [0.1, 0.15) is 42.5 Å². The Kier molecular flexibility index (Phi) is 5.12. The van der Waals surface area contributed by atoms with Crippen LogP contribution >= 0.6 is 0 Å². The number of carbonyl (C=O) groups is 1. The first kappa shape index (κ1) is 15.7. The number of rotatable bonds is 5. The maximum absolute atomic E-state index is 12.2. The number of methoxy groups -OCH3 is 1. The summed E-state index contributed by atoms with van der Waals surface area (Å²) in [7, 11) is 1.44. The van der Waals surface area contributed by atoms with Crippen LogP contribution in [0.3, 0.4) is 0 Å². The Morgan fingerprint density at radius 3 is 2.21 bits per heavy atom. The molecule has 0 saturated carbocycles. The Morgan fingerprint density at radius 2 is 1.79 bits per heavy atom. The number of hydrogen-bond donors (Lipinski definition) is 1. The SMILES string of the molecule is CCCNC(C)(C(=O)OC)c1c(C)cc(C)cc1C. The van der Waals surface area contributed by atoms with Gasteiger partial charge in [-0.1, -0.05) is 24.6 Å². The third-order valence-electron chi connectivity index (χ3n) is 3.50. The average Bonchev–Trinajstić information content (AvgIpc) is 2.33. The van der Waals surface area contributed by atoms with Crippen molar-refractivity contribution >= 4 is 5.97 Å². The molecule has 0 fully saturated rings. The molecule has 1 atom stereocenters. The molecule has 0 aromatic heterocycles. The van der Waals surface area contributed by atoms with Crippen LogP contribution < -0.4 is 5.32 Å². The molecular formula is C16H25NO2. The van der Waals surface area contributed by atoms with Crippen molar-refractivity contribution in [2.45, 2.75) is 46.6 Å². The van der Waals surface area contributed by atoms with Gasteiger partial charge in [-0.15, -0.1) is 0 Å². The summed E-state index contributed by atoms with van der Waals surface area (Å²) in [4.78, 5) is 12.2. The molecule has 1 aromatic rings. The molecule has 0 aliphatic heterocycles. The molecule has 106 valence electrons. The molecule has 1 rings (SSSR count). The van der Waals surface area contributed by atoms with Crippen molar-refractivity contribution < 1.29 is 9.53 Å². The van der Waals surface area contributed by atoms with Gasteiger partial charge in [-0.3, -0.25) is 5.32 Å². The quantitative estimate of drug-likeness (QED) is 0.830. The minimum atomic E-state index is -0.785. The first-order chi connectivity index (χ1) is 8.86. The van der Waals surface area contributed by atoms with Gasteiger partial charge in [0, 0.05) is 0 Å². The van der Waals surface area contributed by atoms with Gasteiger partial charge < -0.3 is 4.74 Å². The van der Waals surface area contributed by atoms with E-state index in [2.05, 4.69) is 31.3 Å². The molecule has 3 nitrogen and oxygen atoms in total. The molecule has 0 bridgehead atoms. The first-order valence-corrected chi connectivity index (χ1v) is 6.78. The summed E-state index contributed by atoms with van der Waals surface area (Å²) in [6, 6.07) is 4.22. The first-order valence-electron chi connectivity index (χ1n) is 6.78. The van der Waals surface area contributed by atoms with Crippen molar-refractivity contribution in [3.63, 3.8) is 0 Å². The second kappa shape index (κ2) is 6.20. The molecule has 0 heterocycles. The zero-order valence-electron chi connectivity index (χ0n) is 12.9. The van der Waals surface area contributed by atoms with Crippen molar-refractivity contribution in [2.75, 3.05) is 13.7 Å². The highest BCUT2D eigenvalue weighted by Crippen LogP contribution is 2.29. The van der Waals surface area contributed by atoms with Crippen LogP contribution in [0.2, 0.25) is 0 Å². The van der Waals surface area contributed by atoms with E-state index in [0.717, 1.165) is 29.7 Å². The molecule has 1 aromatic carbocycles. The van der Waals surface area contributed by atoms with Crippen molar-refractivity contribution in [3.8, 4) is 0 Å². The molecule has 19 heavy (non-hydrogen) atoms.